The number of hydrogen-bond donors (Lipinski definition) is 1. The van der Waals surface area contributed by atoms with Crippen LogP contribution in [0.4, 0.5) is 5.69 Å². The molecule has 0 aliphatic carbocycles. The highest BCUT2D eigenvalue weighted by atomic mass is 35.5. The number of quaternary nitrogens is 1. The van der Waals surface area contributed by atoms with Crippen molar-refractivity contribution < 1.29 is 27.6 Å². The quantitative estimate of drug-likeness (QED) is 0.656. The number of rotatable bonds is 3. The molecule has 2 aliphatic heterocycles. The third kappa shape index (κ3) is 3.90. The molecular formula is C19H22ClN3O2. The molecule has 2 unspecified atom stereocenters. The van der Waals surface area contributed by atoms with E-state index in [2.05, 4.69) is 29.4 Å². The third-order valence-electron chi connectivity index (χ3n) is 4.66. The third-order valence-corrected chi connectivity index (χ3v) is 4.66. The molecule has 5 nitrogen and oxygen atoms in total. The standard InChI is InChI=1S/C19H19N3O.ClH.H2O/c23-19-17-14-21(13-15-7-3-1-4-8-15)12-11-18(17)20-22(19)16-9-5-2-6-10-16;;/h1-10,17H,11-14H2;1H;1H2. The summed E-state index contributed by atoms with van der Waals surface area (Å²) in [5.41, 5.74) is 3.24. The van der Waals surface area contributed by atoms with Gasteiger partial charge in [-0.05, 0) is 12.1 Å². The number of likely N-dealkylation sites (tertiary alicyclic amines) is 1. The van der Waals surface area contributed by atoms with E-state index in [0.29, 0.717) is 0 Å². The van der Waals surface area contributed by atoms with Crippen LogP contribution in [0, 0.1) is 5.92 Å². The van der Waals surface area contributed by atoms with E-state index in [-0.39, 0.29) is 29.7 Å². The average molecular weight is 360 g/mol. The molecule has 6 heteroatoms. The first kappa shape index (κ1) is 19.1. The molecule has 4 rings (SSSR count). The average Bonchev–Trinajstić information content (AvgIpc) is 2.93. The van der Waals surface area contributed by atoms with Crippen LogP contribution < -0.4 is 22.3 Å². The van der Waals surface area contributed by atoms with Crippen molar-refractivity contribution in [1.82, 2.24) is 0 Å². The van der Waals surface area contributed by atoms with Crippen LogP contribution >= 0.6 is 0 Å². The molecule has 1 saturated heterocycles. The van der Waals surface area contributed by atoms with E-state index in [1.165, 1.54) is 10.5 Å². The predicted octanol–water partition coefficient (Wildman–Crippen LogP) is -2.33. The molecular weight excluding hydrogens is 338 g/mol. The Morgan fingerprint density at radius 1 is 1.04 bits per heavy atom. The second-order valence-electron chi connectivity index (χ2n) is 6.25. The Balaban J connectivity index is 0.00000113. The topological polar surface area (TPSA) is 68.6 Å². The van der Waals surface area contributed by atoms with Gasteiger partial charge in [-0.2, -0.15) is 5.10 Å². The summed E-state index contributed by atoms with van der Waals surface area (Å²) >= 11 is 0. The van der Waals surface area contributed by atoms with Crippen molar-refractivity contribution in [3.05, 3.63) is 66.2 Å². The SMILES string of the molecule is O.O=C1C2C[NH+](Cc3ccccc3)CCC2=NN1c1ccccc1.[Cl-]. The molecule has 2 aromatic carbocycles. The van der Waals surface area contributed by atoms with Crippen LogP contribution in [0.1, 0.15) is 12.0 Å². The van der Waals surface area contributed by atoms with E-state index in [4.69, 9.17) is 0 Å². The van der Waals surface area contributed by atoms with E-state index in [1.54, 1.807) is 5.01 Å². The predicted molar refractivity (Wildman–Crippen MR) is 93.9 cm³/mol. The number of piperidine rings is 1. The van der Waals surface area contributed by atoms with Crippen molar-refractivity contribution in [2.24, 2.45) is 11.0 Å². The smallest absolute Gasteiger partial charge is 0.262 e. The molecule has 1 amide bonds. The Labute approximate surface area is 153 Å². The van der Waals surface area contributed by atoms with Gasteiger partial charge < -0.3 is 22.8 Å². The number of carbonyl (C=O) groups is 1. The van der Waals surface area contributed by atoms with Gasteiger partial charge in [-0.25, -0.2) is 5.01 Å². The number of hydrogen-bond acceptors (Lipinski definition) is 2. The monoisotopic (exact) mass is 359 g/mol. The second kappa shape index (κ2) is 8.25. The van der Waals surface area contributed by atoms with Gasteiger partial charge in [0.15, 0.2) is 0 Å². The summed E-state index contributed by atoms with van der Waals surface area (Å²) in [4.78, 5) is 14.2. The largest absolute Gasteiger partial charge is 1.00 e. The highest BCUT2D eigenvalue weighted by Crippen LogP contribution is 2.25. The zero-order valence-corrected chi connectivity index (χ0v) is 14.6. The maximum Gasteiger partial charge on any atom is 0.262 e. The van der Waals surface area contributed by atoms with Crippen LogP contribution in [0.25, 0.3) is 0 Å². The minimum Gasteiger partial charge on any atom is -1.00 e. The Morgan fingerprint density at radius 2 is 1.68 bits per heavy atom. The molecule has 2 heterocycles. The van der Waals surface area contributed by atoms with Gasteiger partial charge in [-0.3, -0.25) is 4.79 Å². The maximum absolute atomic E-state index is 12.7. The number of anilines is 1. The molecule has 0 aromatic heterocycles. The van der Waals surface area contributed by atoms with Crippen molar-refractivity contribution in [3.8, 4) is 0 Å². The second-order valence-corrected chi connectivity index (χ2v) is 6.25. The number of fused-ring (bicyclic) bond motifs is 1. The molecule has 0 saturated carbocycles. The Kier molecular flexibility index (Phi) is 6.31. The summed E-state index contributed by atoms with van der Waals surface area (Å²) in [6.45, 7) is 2.86. The number of para-hydroxylation sites is 1. The molecule has 132 valence electrons. The molecule has 25 heavy (non-hydrogen) atoms. The van der Waals surface area contributed by atoms with Crippen LogP contribution in [-0.4, -0.2) is 30.2 Å². The van der Waals surface area contributed by atoms with Gasteiger partial charge in [0.25, 0.3) is 5.91 Å². The van der Waals surface area contributed by atoms with Crippen LogP contribution in [0.5, 0.6) is 0 Å². The molecule has 0 spiro atoms. The zero-order valence-electron chi connectivity index (χ0n) is 13.9. The van der Waals surface area contributed by atoms with Gasteiger partial charge in [0.05, 0.1) is 24.5 Å². The Hall–Kier alpha value is -2.21. The van der Waals surface area contributed by atoms with Gasteiger partial charge in [0, 0.05) is 12.0 Å². The van der Waals surface area contributed by atoms with Gasteiger partial charge >= 0.3 is 0 Å². The normalized spacial score (nSPS) is 21.7. The molecule has 0 bridgehead atoms. The van der Waals surface area contributed by atoms with Gasteiger partial charge in [0.2, 0.25) is 0 Å². The van der Waals surface area contributed by atoms with Crippen molar-refractivity contribution in [3.63, 3.8) is 0 Å². The lowest BCUT2D eigenvalue weighted by Gasteiger charge is -2.27. The van der Waals surface area contributed by atoms with E-state index >= 15 is 0 Å². The van der Waals surface area contributed by atoms with Crippen molar-refractivity contribution in [1.29, 1.82) is 0 Å². The lowest BCUT2D eigenvalue weighted by Crippen LogP contribution is -3.13. The molecule has 3 N–H and O–H groups in total. The minimum atomic E-state index is -0.0531. The lowest BCUT2D eigenvalue weighted by atomic mass is 9.95. The Bertz CT molecular complexity index is 737. The van der Waals surface area contributed by atoms with Crippen LogP contribution in [0.15, 0.2) is 65.8 Å². The Morgan fingerprint density at radius 3 is 2.36 bits per heavy atom. The first-order valence-corrected chi connectivity index (χ1v) is 8.15. The first-order chi connectivity index (χ1) is 11.3. The highest BCUT2D eigenvalue weighted by Gasteiger charge is 2.42. The number of benzene rings is 2. The highest BCUT2D eigenvalue weighted by molar-refractivity contribution is 6.15. The number of hydrazone groups is 1. The van der Waals surface area contributed by atoms with Crippen LogP contribution in [0.2, 0.25) is 0 Å². The summed E-state index contributed by atoms with van der Waals surface area (Å²) in [5.74, 6) is 0.0686. The molecule has 2 aromatic rings. The van der Waals surface area contributed by atoms with Crippen molar-refractivity contribution in [2.75, 3.05) is 18.1 Å². The van der Waals surface area contributed by atoms with Gasteiger partial charge in [-0.15, -0.1) is 0 Å². The maximum atomic E-state index is 12.7. The fraction of sp³-hybridized carbons (Fsp3) is 0.263. The number of nitrogens with zero attached hydrogens (tertiary/aromatic N) is 2. The van der Waals surface area contributed by atoms with Crippen molar-refractivity contribution >= 4 is 17.3 Å². The summed E-state index contributed by atoms with van der Waals surface area (Å²) in [6, 6.07) is 20.2. The van der Waals surface area contributed by atoms with Gasteiger partial charge in [-0.1, -0.05) is 48.5 Å². The van der Waals surface area contributed by atoms with E-state index in [1.807, 2.05) is 36.4 Å². The molecule has 0 radical (unpaired) electrons. The lowest BCUT2D eigenvalue weighted by molar-refractivity contribution is -0.916. The minimum absolute atomic E-state index is 0. The van der Waals surface area contributed by atoms with Crippen LogP contribution in [-0.2, 0) is 11.3 Å². The van der Waals surface area contributed by atoms with Crippen molar-refractivity contribution in [2.45, 2.75) is 13.0 Å². The number of nitrogens with one attached hydrogen (secondary N) is 1. The molecule has 1 fully saturated rings. The number of amides is 1. The van der Waals surface area contributed by atoms with E-state index in [0.717, 1.165) is 37.5 Å². The zero-order chi connectivity index (χ0) is 15.6. The summed E-state index contributed by atoms with van der Waals surface area (Å²) in [7, 11) is 0. The fourth-order valence-electron chi connectivity index (χ4n) is 3.46. The summed E-state index contributed by atoms with van der Waals surface area (Å²) in [5, 5.41) is 6.18. The fourth-order valence-corrected chi connectivity index (χ4v) is 3.46. The van der Waals surface area contributed by atoms with Gasteiger partial charge in [0.1, 0.15) is 12.5 Å². The molecule has 2 aliphatic rings. The summed E-state index contributed by atoms with van der Waals surface area (Å²) in [6.07, 6.45) is 0.905. The van der Waals surface area contributed by atoms with Crippen LogP contribution in [0.3, 0.4) is 0 Å². The number of halogens is 1. The number of carbonyl (C=O) groups excluding carboxylic acids is 1. The molecule has 2 atom stereocenters. The van der Waals surface area contributed by atoms with E-state index in [9.17, 15) is 4.79 Å². The summed E-state index contributed by atoms with van der Waals surface area (Å²) < 4.78 is 0. The first-order valence-electron chi connectivity index (χ1n) is 8.15. The van der Waals surface area contributed by atoms with E-state index < -0.39 is 0 Å².